The van der Waals surface area contributed by atoms with Crippen LogP contribution in [-0.4, -0.2) is 33.4 Å². The third-order valence-corrected chi connectivity index (χ3v) is 2.68. The van der Waals surface area contributed by atoms with Gasteiger partial charge < -0.3 is 10.4 Å². The van der Waals surface area contributed by atoms with E-state index in [-0.39, 0.29) is 24.4 Å². The summed E-state index contributed by atoms with van der Waals surface area (Å²) in [5.74, 6) is -0.468. The molecular weight excluding hydrogens is 260 g/mol. The number of hydrogen-bond donors (Lipinski definition) is 2. The molecule has 0 aliphatic carbocycles. The molecule has 0 heterocycles. The van der Waals surface area contributed by atoms with Crippen LogP contribution >= 0.6 is 0 Å². The van der Waals surface area contributed by atoms with Gasteiger partial charge in [0.15, 0.2) is 11.6 Å². The fourth-order valence-corrected chi connectivity index (χ4v) is 1.61. The third kappa shape index (κ3) is 4.31. The Balaban J connectivity index is 2.90. The Bertz CT molecular complexity index is 529. The standard InChI is InChI=1S/C14H16N2O4/c1-9(15-19)6-13(17)11-4-3-5-12(8-11)14(18)7-10(2)16-20/h3-5,8,19-20H,6-7H2,1-2H3. The topological polar surface area (TPSA) is 99.3 Å². The summed E-state index contributed by atoms with van der Waals surface area (Å²) >= 11 is 0. The molecule has 0 unspecified atom stereocenters. The molecule has 1 rings (SSSR count). The Morgan fingerprint density at radius 3 is 1.70 bits per heavy atom. The number of oxime groups is 2. The van der Waals surface area contributed by atoms with E-state index in [1.54, 1.807) is 18.2 Å². The van der Waals surface area contributed by atoms with Crippen molar-refractivity contribution in [1.29, 1.82) is 0 Å². The lowest BCUT2D eigenvalue weighted by atomic mass is 10.00. The first-order chi connectivity index (χ1) is 9.47. The van der Waals surface area contributed by atoms with Crippen LogP contribution in [0.15, 0.2) is 34.6 Å². The van der Waals surface area contributed by atoms with Crippen LogP contribution in [0.3, 0.4) is 0 Å². The zero-order valence-electron chi connectivity index (χ0n) is 11.3. The molecule has 0 saturated heterocycles. The van der Waals surface area contributed by atoms with Crippen LogP contribution in [0, 0.1) is 0 Å². The van der Waals surface area contributed by atoms with Crippen LogP contribution < -0.4 is 0 Å². The summed E-state index contributed by atoms with van der Waals surface area (Å²) in [4.78, 5) is 23.8. The summed E-state index contributed by atoms with van der Waals surface area (Å²) in [6, 6.07) is 6.28. The Kier molecular flexibility index (Phi) is 5.58. The van der Waals surface area contributed by atoms with Gasteiger partial charge in [-0.1, -0.05) is 28.5 Å². The summed E-state index contributed by atoms with van der Waals surface area (Å²) in [6.45, 7) is 3.07. The molecule has 0 amide bonds. The molecule has 106 valence electrons. The maximum Gasteiger partial charge on any atom is 0.168 e. The molecular formula is C14H16N2O4. The van der Waals surface area contributed by atoms with Crippen molar-refractivity contribution in [1.82, 2.24) is 0 Å². The molecule has 20 heavy (non-hydrogen) atoms. The maximum absolute atomic E-state index is 11.9. The summed E-state index contributed by atoms with van der Waals surface area (Å²) in [5, 5.41) is 23.0. The maximum atomic E-state index is 11.9. The molecule has 0 saturated carbocycles. The van der Waals surface area contributed by atoms with E-state index in [4.69, 9.17) is 10.4 Å². The van der Waals surface area contributed by atoms with Gasteiger partial charge in [-0.25, -0.2) is 0 Å². The van der Waals surface area contributed by atoms with Gasteiger partial charge in [0.2, 0.25) is 0 Å². The zero-order chi connectivity index (χ0) is 15.1. The number of benzene rings is 1. The molecule has 2 N–H and O–H groups in total. The van der Waals surface area contributed by atoms with Gasteiger partial charge in [-0.2, -0.15) is 0 Å². The smallest absolute Gasteiger partial charge is 0.168 e. The van der Waals surface area contributed by atoms with Gasteiger partial charge in [-0.3, -0.25) is 9.59 Å². The Hall–Kier alpha value is -2.50. The van der Waals surface area contributed by atoms with E-state index in [2.05, 4.69) is 10.3 Å². The van der Waals surface area contributed by atoms with Crippen LogP contribution in [0.1, 0.15) is 47.4 Å². The van der Waals surface area contributed by atoms with E-state index in [0.717, 1.165) is 0 Å². The van der Waals surface area contributed by atoms with Gasteiger partial charge in [0.05, 0.1) is 24.3 Å². The van der Waals surface area contributed by atoms with Gasteiger partial charge >= 0.3 is 0 Å². The number of Topliss-reactive ketones (excluding diaryl/α,β-unsaturated/α-hetero) is 2. The molecule has 0 bridgehead atoms. The molecule has 0 aliphatic heterocycles. The van der Waals surface area contributed by atoms with E-state index in [1.807, 2.05) is 0 Å². The number of carbonyl (C=O) groups is 2. The van der Waals surface area contributed by atoms with Crippen molar-refractivity contribution in [2.24, 2.45) is 10.3 Å². The molecule has 0 fully saturated rings. The predicted molar refractivity (Wildman–Crippen MR) is 74.1 cm³/mol. The second kappa shape index (κ2) is 7.18. The summed E-state index contributed by atoms with van der Waals surface area (Å²) < 4.78 is 0. The average molecular weight is 276 g/mol. The number of nitrogens with zero attached hydrogens (tertiary/aromatic N) is 2. The first kappa shape index (κ1) is 15.6. The van der Waals surface area contributed by atoms with Gasteiger partial charge in [0.1, 0.15) is 0 Å². The monoisotopic (exact) mass is 276 g/mol. The van der Waals surface area contributed by atoms with Crippen molar-refractivity contribution in [3.63, 3.8) is 0 Å². The van der Waals surface area contributed by atoms with Gasteiger partial charge in [-0.05, 0) is 19.9 Å². The van der Waals surface area contributed by atoms with Crippen LogP contribution in [0.5, 0.6) is 0 Å². The molecule has 1 aromatic carbocycles. The number of hydrogen-bond acceptors (Lipinski definition) is 6. The molecule has 0 spiro atoms. The van der Waals surface area contributed by atoms with E-state index in [1.165, 1.54) is 19.9 Å². The van der Waals surface area contributed by atoms with E-state index in [0.29, 0.717) is 22.6 Å². The summed E-state index contributed by atoms with van der Waals surface area (Å²) in [6.07, 6.45) is -0.0173. The van der Waals surface area contributed by atoms with Crippen LogP contribution in [0.2, 0.25) is 0 Å². The van der Waals surface area contributed by atoms with Gasteiger partial charge in [-0.15, -0.1) is 0 Å². The van der Waals surface area contributed by atoms with E-state index < -0.39 is 0 Å². The number of rotatable bonds is 6. The highest BCUT2D eigenvalue weighted by molar-refractivity contribution is 6.12. The Morgan fingerprint density at radius 2 is 1.35 bits per heavy atom. The van der Waals surface area contributed by atoms with Crippen LogP contribution in [0.4, 0.5) is 0 Å². The highest BCUT2D eigenvalue weighted by Crippen LogP contribution is 2.11. The first-order valence-electron chi connectivity index (χ1n) is 5.99. The van der Waals surface area contributed by atoms with Crippen molar-refractivity contribution >= 4 is 23.0 Å². The van der Waals surface area contributed by atoms with Gasteiger partial charge in [0.25, 0.3) is 0 Å². The lowest BCUT2D eigenvalue weighted by molar-refractivity contribution is 0.0998. The summed E-state index contributed by atoms with van der Waals surface area (Å²) in [5.41, 5.74) is 1.35. The van der Waals surface area contributed by atoms with Crippen molar-refractivity contribution in [3.05, 3.63) is 35.4 Å². The minimum absolute atomic E-state index is 0.00866. The van der Waals surface area contributed by atoms with Crippen molar-refractivity contribution in [2.45, 2.75) is 26.7 Å². The van der Waals surface area contributed by atoms with Crippen LogP contribution in [-0.2, 0) is 0 Å². The Morgan fingerprint density at radius 1 is 0.950 bits per heavy atom. The number of ketones is 2. The largest absolute Gasteiger partial charge is 0.411 e. The fraction of sp³-hybridized carbons (Fsp3) is 0.286. The average Bonchev–Trinajstić information content (AvgIpc) is 2.46. The minimum atomic E-state index is -0.234. The summed E-state index contributed by atoms with van der Waals surface area (Å²) in [7, 11) is 0. The zero-order valence-corrected chi connectivity index (χ0v) is 11.3. The lowest BCUT2D eigenvalue weighted by Gasteiger charge is -2.04. The lowest BCUT2D eigenvalue weighted by Crippen LogP contribution is -2.09. The fourth-order valence-electron chi connectivity index (χ4n) is 1.61. The first-order valence-corrected chi connectivity index (χ1v) is 5.99. The van der Waals surface area contributed by atoms with Gasteiger partial charge in [0, 0.05) is 11.1 Å². The Labute approximate surface area is 116 Å². The normalized spacial score (nSPS) is 12.3. The molecule has 0 aliphatic rings. The quantitative estimate of drug-likeness (QED) is 0.361. The van der Waals surface area contributed by atoms with E-state index >= 15 is 0 Å². The number of carbonyl (C=O) groups excluding carboxylic acids is 2. The second-order valence-corrected chi connectivity index (χ2v) is 4.45. The predicted octanol–water partition coefficient (Wildman–Crippen LogP) is 2.53. The third-order valence-electron chi connectivity index (χ3n) is 2.68. The second-order valence-electron chi connectivity index (χ2n) is 4.45. The SMILES string of the molecule is CC(CC(=O)c1cccc(C(=O)CC(C)=NO)c1)=NO. The van der Waals surface area contributed by atoms with Crippen LogP contribution in [0.25, 0.3) is 0 Å². The van der Waals surface area contributed by atoms with Crippen molar-refractivity contribution in [3.8, 4) is 0 Å². The van der Waals surface area contributed by atoms with Crippen molar-refractivity contribution in [2.75, 3.05) is 0 Å². The molecule has 1 aromatic rings. The molecule has 6 nitrogen and oxygen atoms in total. The van der Waals surface area contributed by atoms with Crippen molar-refractivity contribution < 1.29 is 20.0 Å². The van der Waals surface area contributed by atoms with E-state index in [9.17, 15) is 9.59 Å². The minimum Gasteiger partial charge on any atom is -0.411 e. The molecule has 0 aromatic heterocycles. The molecule has 6 heteroatoms. The molecule has 0 atom stereocenters. The highest BCUT2D eigenvalue weighted by Gasteiger charge is 2.12. The highest BCUT2D eigenvalue weighted by atomic mass is 16.4. The molecule has 0 radical (unpaired) electrons.